The maximum atomic E-state index is 12.9. The van der Waals surface area contributed by atoms with Crippen molar-refractivity contribution in [1.82, 2.24) is 4.31 Å². The van der Waals surface area contributed by atoms with Crippen LogP contribution in [0.15, 0.2) is 77.7 Å². The quantitative estimate of drug-likeness (QED) is 0.540. The summed E-state index contributed by atoms with van der Waals surface area (Å²) in [5, 5.41) is 11.7. The van der Waals surface area contributed by atoms with Crippen molar-refractivity contribution < 1.29 is 22.7 Å². The minimum atomic E-state index is -3.67. The van der Waals surface area contributed by atoms with Crippen LogP contribution < -0.4 is 10.1 Å². The third-order valence-electron chi connectivity index (χ3n) is 5.59. The highest BCUT2D eigenvalue weighted by molar-refractivity contribution is 7.89. The SMILES string of the molecule is CC(Oc1ccc(-c2ccc(C#N)cc2)cc1)C(=O)Nc1cccc(S(=O)(=O)N2CCOCC2)c1. The van der Waals surface area contributed by atoms with E-state index in [4.69, 9.17) is 14.7 Å². The van der Waals surface area contributed by atoms with Crippen molar-refractivity contribution in [2.24, 2.45) is 0 Å². The molecule has 0 radical (unpaired) electrons. The maximum absolute atomic E-state index is 12.9. The first kappa shape index (κ1) is 24.4. The van der Waals surface area contributed by atoms with E-state index >= 15 is 0 Å². The van der Waals surface area contributed by atoms with Crippen molar-refractivity contribution in [2.45, 2.75) is 17.9 Å². The molecule has 1 aliphatic rings. The third-order valence-corrected chi connectivity index (χ3v) is 7.49. The molecule has 9 heteroatoms. The van der Waals surface area contributed by atoms with Gasteiger partial charge in [0.25, 0.3) is 5.91 Å². The van der Waals surface area contributed by atoms with E-state index in [1.807, 2.05) is 24.3 Å². The van der Waals surface area contributed by atoms with Crippen LogP contribution in [0, 0.1) is 11.3 Å². The van der Waals surface area contributed by atoms with Crippen LogP contribution in [-0.2, 0) is 19.6 Å². The molecule has 0 spiro atoms. The van der Waals surface area contributed by atoms with E-state index in [0.717, 1.165) is 11.1 Å². The second kappa shape index (κ2) is 10.7. The monoisotopic (exact) mass is 491 g/mol. The Balaban J connectivity index is 1.38. The number of carbonyl (C=O) groups is 1. The van der Waals surface area contributed by atoms with Gasteiger partial charge in [0.05, 0.1) is 29.7 Å². The lowest BCUT2D eigenvalue weighted by atomic mass is 10.0. The summed E-state index contributed by atoms with van der Waals surface area (Å²) in [6.45, 7) is 2.94. The number of nitrogens with zero attached hydrogens (tertiary/aromatic N) is 2. The molecule has 1 N–H and O–H groups in total. The Kier molecular flexibility index (Phi) is 7.46. The largest absolute Gasteiger partial charge is 0.481 e. The molecule has 1 fully saturated rings. The number of benzene rings is 3. The lowest BCUT2D eigenvalue weighted by Crippen LogP contribution is -2.40. The zero-order chi connectivity index (χ0) is 24.8. The number of morpholine rings is 1. The zero-order valence-electron chi connectivity index (χ0n) is 19.2. The predicted octanol–water partition coefficient (Wildman–Crippen LogP) is 3.65. The molecule has 1 saturated heterocycles. The summed E-state index contributed by atoms with van der Waals surface area (Å²) in [5.41, 5.74) is 2.89. The molecule has 180 valence electrons. The highest BCUT2D eigenvalue weighted by Gasteiger charge is 2.26. The number of rotatable bonds is 7. The molecule has 0 aliphatic carbocycles. The molecule has 3 aromatic rings. The fraction of sp³-hybridized carbons (Fsp3) is 0.231. The topological polar surface area (TPSA) is 109 Å². The minimum Gasteiger partial charge on any atom is -0.481 e. The number of anilines is 1. The molecule has 1 atom stereocenters. The van der Waals surface area contributed by atoms with Crippen molar-refractivity contribution in [2.75, 3.05) is 31.6 Å². The van der Waals surface area contributed by atoms with Crippen molar-refractivity contribution in [3.8, 4) is 22.9 Å². The Labute approximate surface area is 204 Å². The van der Waals surface area contributed by atoms with Crippen LogP contribution in [0.25, 0.3) is 11.1 Å². The number of nitrogens with one attached hydrogen (secondary N) is 1. The standard InChI is InChI=1S/C26H25N3O5S/c1-19(34-24-11-9-22(10-12-24)21-7-5-20(18-27)6-8-21)26(30)28-23-3-2-4-25(17-23)35(31,32)29-13-15-33-16-14-29/h2-12,17,19H,13-16H2,1H3,(H,28,30). The van der Waals surface area contributed by atoms with Gasteiger partial charge in [0, 0.05) is 18.8 Å². The minimum absolute atomic E-state index is 0.115. The Morgan fingerprint density at radius 3 is 2.29 bits per heavy atom. The van der Waals surface area contributed by atoms with Crippen molar-refractivity contribution in [3.05, 3.63) is 78.4 Å². The van der Waals surface area contributed by atoms with Gasteiger partial charge < -0.3 is 14.8 Å². The molecule has 0 bridgehead atoms. The molecule has 1 aliphatic heterocycles. The van der Waals surface area contributed by atoms with Gasteiger partial charge in [-0.25, -0.2) is 8.42 Å². The summed E-state index contributed by atoms with van der Waals surface area (Å²) in [6, 6.07) is 22.8. The van der Waals surface area contributed by atoms with Crippen molar-refractivity contribution in [3.63, 3.8) is 0 Å². The van der Waals surface area contributed by atoms with E-state index in [9.17, 15) is 13.2 Å². The molecule has 3 aromatic carbocycles. The first-order valence-electron chi connectivity index (χ1n) is 11.1. The van der Waals surface area contributed by atoms with Gasteiger partial charge in [-0.05, 0) is 60.5 Å². The van der Waals surface area contributed by atoms with Gasteiger partial charge in [-0.2, -0.15) is 9.57 Å². The molecule has 35 heavy (non-hydrogen) atoms. The van der Waals surface area contributed by atoms with E-state index in [1.165, 1.54) is 16.4 Å². The number of hydrogen-bond acceptors (Lipinski definition) is 6. The van der Waals surface area contributed by atoms with Gasteiger partial charge in [-0.3, -0.25) is 4.79 Å². The van der Waals surface area contributed by atoms with Crippen LogP contribution >= 0.6 is 0 Å². The van der Waals surface area contributed by atoms with Crippen LogP contribution in [0.5, 0.6) is 5.75 Å². The molecule has 8 nitrogen and oxygen atoms in total. The molecule has 1 unspecified atom stereocenters. The average Bonchev–Trinajstić information content (AvgIpc) is 2.90. The van der Waals surface area contributed by atoms with Crippen LogP contribution in [0.4, 0.5) is 5.69 Å². The summed E-state index contributed by atoms with van der Waals surface area (Å²) in [6.07, 6.45) is -0.810. The van der Waals surface area contributed by atoms with Crippen molar-refractivity contribution in [1.29, 1.82) is 5.26 Å². The number of carbonyl (C=O) groups excluding carboxylic acids is 1. The molecule has 0 aromatic heterocycles. The zero-order valence-corrected chi connectivity index (χ0v) is 20.0. The van der Waals surface area contributed by atoms with E-state index in [2.05, 4.69) is 11.4 Å². The summed E-state index contributed by atoms with van der Waals surface area (Å²) in [7, 11) is -3.67. The number of amides is 1. The third kappa shape index (κ3) is 5.87. The fourth-order valence-corrected chi connectivity index (χ4v) is 5.09. The second-order valence-corrected chi connectivity index (χ2v) is 9.95. The molecule has 4 rings (SSSR count). The van der Waals surface area contributed by atoms with Gasteiger partial charge >= 0.3 is 0 Å². The Morgan fingerprint density at radius 1 is 1.03 bits per heavy atom. The van der Waals surface area contributed by atoms with E-state index in [0.29, 0.717) is 43.3 Å². The molecule has 0 saturated carbocycles. The van der Waals surface area contributed by atoms with Gasteiger partial charge in [0.1, 0.15) is 5.75 Å². The predicted molar refractivity (Wildman–Crippen MR) is 131 cm³/mol. The number of ether oxygens (including phenoxy) is 2. The van der Waals surface area contributed by atoms with E-state index < -0.39 is 22.0 Å². The number of nitriles is 1. The molecular formula is C26H25N3O5S. The summed E-state index contributed by atoms with van der Waals surface area (Å²) in [5.74, 6) is 0.121. The Morgan fingerprint density at radius 2 is 1.66 bits per heavy atom. The number of hydrogen-bond donors (Lipinski definition) is 1. The van der Waals surface area contributed by atoms with Gasteiger partial charge in [0.2, 0.25) is 10.0 Å². The van der Waals surface area contributed by atoms with Crippen LogP contribution in [-0.4, -0.2) is 51.0 Å². The molecule has 1 heterocycles. The van der Waals surface area contributed by atoms with Crippen LogP contribution in [0.2, 0.25) is 0 Å². The van der Waals surface area contributed by atoms with E-state index in [1.54, 1.807) is 43.3 Å². The average molecular weight is 492 g/mol. The smallest absolute Gasteiger partial charge is 0.265 e. The first-order chi connectivity index (χ1) is 16.9. The van der Waals surface area contributed by atoms with Crippen LogP contribution in [0.1, 0.15) is 12.5 Å². The lowest BCUT2D eigenvalue weighted by Gasteiger charge is -2.26. The van der Waals surface area contributed by atoms with Crippen LogP contribution in [0.3, 0.4) is 0 Å². The highest BCUT2D eigenvalue weighted by atomic mass is 32.2. The maximum Gasteiger partial charge on any atom is 0.265 e. The highest BCUT2D eigenvalue weighted by Crippen LogP contribution is 2.24. The Bertz CT molecular complexity index is 1330. The summed E-state index contributed by atoms with van der Waals surface area (Å²) in [4.78, 5) is 12.8. The molecule has 1 amide bonds. The van der Waals surface area contributed by atoms with Gasteiger partial charge in [0.15, 0.2) is 6.10 Å². The van der Waals surface area contributed by atoms with Gasteiger partial charge in [-0.15, -0.1) is 0 Å². The first-order valence-corrected chi connectivity index (χ1v) is 12.6. The lowest BCUT2D eigenvalue weighted by molar-refractivity contribution is -0.122. The van der Waals surface area contributed by atoms with E-state index in [-0.39, 0.29) is 4.90 Å². The number of sulfonamides is 1. The second-order valence-electron chi connectivity index (χ2n) is 8.01. The summed E-state index contributed by atoms with van der Waals surface area (Å²) >= 11 is 0. The van der Waals surface area contributed by atoms with Crippen molar-refractivity contribution >= 4 is 21.6 Å². The molecular weight excluding hydrogens is 466 g/mol. The fourth-order valence-electron chi connectivity index (χ4n) is 3.64. The van der Waals surface area contributed by atoms with Gasteiger partial charge in [-0.1, -0.05) is 30.3 Å². The normalized spacial score (nSPS) is 15.1. The summed E-state index contributed by atoms with van der Waals surface area (Å²) < 4.78 is 38.1. The Hall–Kier alpha value is -3.71.